The van der Waals surface area contributed by atoms with Crippen molar-refractivity contribution in [1.29, 1.82) is 0 Å². The summed E-state index contributed by atoms with van der Waals surface area (Å²) in [6, 6.07) is 21.2. The van der Waals surface area contributed by atoms with E-state index in [0.717, 1.165) is 15.4 Å². The Labute approximate surface area is 231 Å². The summed E-state index contributed by atoms with van der Waals surface area (Å²) in [4.78, 5) is 28.4. The number of hydrogen-bond donors (Lipinski definition) is 1. The lowest BCUT2D eigenvalue weighted by atomic mass is 10.1. The van der Waals surface area contributed by atoms with Gasteiger partial charge in [-0.05, 0) is 82.1 Å². The molecule has 0 unspecified atom stereocenters. The minimum Gasteiger partial charge on any atom is -0.494 e. The number of rotatable bonds is 12. The first-order valence-corrected chi connectivity index (χ1v) is 14.4. The van der Waals surface area contributed by atoms with Crippen molar-refractivity contribution in [2.45, 2.75) is 58.1 Å². The lowest BCUT2D eigenvalue weighted by Gasteiger charge is -2.32. The summed E-state index contributed by atoms with van der Waals surface area (Å²) in [5.41, 5.74) is 2.18. The van der Waals surface area contributed by atoms with Crippen molar-refractivity contribution in [3.63, 3.8) is 0 Å². The van der Waals surface area contributed by atoms with Crippen LogP contribution in [0.4, 0.5) is 5.69 Å². The normalized spacial score (nSPS) is 12.1. The summed E-state index contributed by atoms with van der Waals surface area (Å²) >= 11 is 0. The maximum Gasteiger partial charge on any atom is 0.264 e. The van der Waals surface area contributed by atoms with Crippen LogP contribution in [0.3, 0.4) is 0 Å². The molecule has 0 heterocycles. The fourth-order valence-corrected chi connectivity index (χ4v) is 5.50. The number of benzene rings is 3. The largest absolute Gasteiger partial charge is 0.494 e. The van der Waals surface area contributed by atoms with Crippen LogP contribution in [0, 0.1) is 6.92 Å². The second kappa shape index (κ2) is 13.3. The molecule has 1 atom stereocenters. The molecule has 0 aliphatic rings. The smallest absolute Gasteiger partial charge is 0.264 e. The molecule has 3 rings (SSSR count). The second-order valence-electron chi connectivity index (χ2n) is 9.54. The maximum atomic E-state index is 13.9. The first kappa shape index (κ1) is 29.7. The van der Waals surface area contributed by atoms with Crippen molar-refractivity contribution in [2.24, 2.45) is 0 Å². The van der Waals surface area contributed by atoms with E-state index in [1.54, 1.807) is 49.4 Å². The predicted molar refractivity (Wildman–Crippen MR) is 153 cm³/mol. The second-order valence-corrected chi connectivity index (χ2v) is 11.4. The van der Waals surface area contributed by atoms with Gasteiger partial charge in [-0.1, -0.05) is 42.5 Å². The number of carbonyl (C=O) groups is 2. The molecule has 0 radical (unpaired) electrons. The van der Waals surface area contributed by atoms with Gasteiger partial charge >= 0.3 is 0 Å². The first-order valence-electron chi connectivity index (χ1n) is 13.0. The Hall–Kier alpha value is -3.85. The van der Waals surface area contributed by atoms with Gasteiger partial charge in [0.05, 0.1) is 17.2 Å². The molecule has 2 amide bonds. The molecule has 3 aromatic rings. The molecule has 208 valence electrons. The number of hydrogen-bond acceptors (Lipinski definition) is 5. The number of aryl methyl sites for hydroxylation is 1. The van der Waals surface area contributed by atoms with Gasteiger partial charge in [-0.3, -0.25) is 13.9 Å². The molecule has 9 heteroatoms. The lowest BCUT2D eigenvalue weighted by molar-refractivity contribution is -0.139. The van der Waals surface area contributed by atoms with Gasteiger partial charge in [0.1, 0.15) is 18.3 Å². The molecule has 8 nitrogen and oxygen atoms in total. The SMILES string of the molecule is CCOc1ccc(S(=O)(=O)N(CC(=O)N(Cc2ccccc2C)[C@@H](C)C(=O)NC(C)C)c2ccccc2)cc1. The van der Waals surface area contributed by atoms with E-state index in [1.165, 1.54) is 17.0 Å². The zero-order valence-corrected chi connectivity index (χ0v) is 23.9. The molecule has 1 N–H and O–H groups in total. The van der Waals surface area contributed by atoms with Crippen LogP contribution in [0.15, 0.2) is 83.8 Å². The minimum absolute atomic E-state index is 0.0265. The standard InChI is InChI=1S/C30H37N3O5S/c1-6-38-27-16-18-28(19-17-27)39(36,37)33(26-14-8-7-9-15-26)21-29(34)32(24(5)30(35)31-22(2)3)20-25-13-11-10-12-23(25)4/h7-19,22,24H,6,20-21H2,1-5H3,(H,31,35)/t24-/m0/s1. The number of ether oxygens (including phenoxy) is 1. The van der Waals surface area contributed by atoms with Crippen LogP contribution in [-0.4, -0.2) is 50.4 Å². The average molecular weight is 552 g/mol. The highest BCUT2D eigenvalue weighted by Gasteiger charge is 2.32. The average Bonchev–Trinajstić information content (AvgIpc) is 2.91. The molecule has 0 aliphatic heterocycles. The van der Waals surface area contributed by atoms with Gasteiger partial charge in [0.15, 0.2) is 0 Å². The highest BCUT2D eigenvalue weighted by Crippen LogP contribution is 2.26. The van der Waals surface area contributed by atoms with Crippen molar-refractivity contribution in [3.05, 3.63) is 90.0 Å². The van der Waals surface area contributed by atoms with Gasteiger partial charge in [-0.2, -0.15) is 0 Å². The van der Waals surface area contributed by atoms with Crippen LogP contribution in [0.2, 0.25) is 0 Å². The number of nitrogens with one attached hydrogen (secondary N) is 1. The Bertz CT molecular complexity index is 1360. The zero-order chi connectivity index (χ0) is 28.6. The van der Waals surface area contributed by atoms with E-state index < -0.39 is 28.5 Å². The Morgan fingerprint density at radius 2 is 1.51 bits per heavy atom. The van der Waals surface area contributed by atoms with E-state index in [4.69, 9.17) is 4.74 Å². The van der Waals surface area contributed by atoms with E-state index >= 15 is 0 Å². The molecule has 0 fully saturated rings. The third-order valence-corrected chi connectivity index (χ3v) is 8.03. The molecule has 0 aliphatic carbocycles. The van der Waals surface area contributed by atoms with Crippen LogP contribution in [0.25, 0.3) is 0 Å². The van der Waals surface area contributed by atoms with Crippen molar-refractivity contribution < 1.29 is 22.7 Å². The van der Waals surface area contributed by atoms with Crippen LogP contribution >= 0.6 is 0 Å². The van der Waals surface area contributed by atoms with Crippen molar-refractivity contribution in [3.8, 4) is 5.75 Å². The van der Waals surface area contributed by atoms with Gasteiger partial charge in [-0.15, -0.1) is 0 Å². The lowest BCUT2D eigenvalue weighted by Crippen LogP contribution is -2.52. The molecule has 0 bridgehead atoms. The fourth-order valence-electron chi connectivity index (χ4n) is 4.08. The number of para-hydroxylation sites is 1. The Kier molecular flexibility index (Phi) is 10.1. The van der Waals surface area contributed by atoms with Gasteiger partial charge < -0.3 is 15.0 Å². The molecule has 0 spiro atoms. The van der Waals surface area contributed by atoms with Crippen molar-refractivity contribution in [1.82, 2.24) is 10.2 Å². The topological polar surface area (TPSA) is 96.0 Å². The summed E-state index contributed by atoms with van der Waals surface area (Å²) in [5.74, 6) is -0.260. The minimum atomic E-state index is -4.13. The van der Waals surface area contributed by atoms with E-state index in [-0.39, 0.29) is 23.4 Å². The van der Waals surface area contributed by atoms with Gasteiger partial charge in [0, 0.05) is 12.6 Å². The maximum absolute atomic E-state index is 13.9. The van der Waals surface area contributed by atoms with Gasteiger partial charge in [0.2, 0.25) is 11.8 Å². The third kappa shape index (κ3) is 7.60. The number of anilines is 1. The molecule has 0 aromatic heterocycles. The summed E-state index contributed by atoms with van der Waals surface area (Å²) in [5, 5.41) is 2.86. The molecule has 39 heavy (non-hydrogen) atoms. The summed E-state index contributed by atoms with van der Waals surface area (Å²) in [6.45, 7) is 9.26. The highest BCUT2D eigenvalue weighted by molar-refractivity contribution is 7.92. The fraction of sp³-hybridized carbons (Fsp3) is 0.333. The van der Waals surface area contributed by atoms with Crippen LogP contribution in [0.5, 0.6) is 5.75 Å². The molecule has 0 saturated heterocycles. The predicted octanol–water partition coefficient (Wildman–Crippen LogP) is 4.53. The Morgan fingerprint density at radius 3 is 2.10 bits per heavy atom. The molecular weight excluding hydrogens is 514 g/mol. The van der Waals surface area contributed by atoms with E-state index in [0.29, 0.717) is 18.0 Å². The molecule has 0 saturated carbocycles. The van der Waals surface area contributed by atoms with Gasteiger partial charge in [-0.25, -0.2) is 8.42 Å². The third-order valence-electron chi connectivity index (χ3n) is 6.25. The van der Waals surface area contributed by atoms with Crippen LogP contribution < -0.4 is 14.4 Å². The first-order chi connectivity index (χ1) is 18.5. The van der Waals surface area contributed by atoms with E-state index in [2.05, 4.69) is 5.32 Å². The van der Waals surface area contributed by atoms with Gasteiger partial charge in [0.25, 0.3) is 10.0 Å². The molecular formula is C30H37N3O5S. The number of amides is 2. The summed E-state index contributed by atoms with van der Waals surface area (Å²) in [6.07, 6.45) is 0. The summed E-state index contributed by atoms with van der Waals surface area (Å²) in [7, 11) is -4.13. The van der Waals surface area contributed by atoms with E-state index in [1.807, 2.05) is 52.0 Å². The number of carbonyl (C=O) groups excluding carboxylic acids is 2. The quantitative estimate of drug-likeness (QED) is 0.357. The Morgan fingerprint density at radius 1 is 0.897 bits per heavy atom. The summed E-state index contributed by atoms with van der Waals surface area (Å²) < 4.78 is 34.2. The molecule has 3 aromatic carbocycles. The van der Waals surface area contributed by atoms with Crippen molar-refractivity contribution >= 4 is 27.5 Å². The number of nitrogens with zero attached hydrogens (tertiary/aromatic N) is 2. The van der Waals surface area contributed by atoms with Crippen molar-refractivity contribution in [2.75, 3.05) is 17.5 Å². The number of sulfonamides is 1. The Balaban J connectivity index is 2.00. The highest BCUT2D eigenvalue weighted by atomic mass is 32.2. The monoisotopic (exact) mass is 551 g/mol. The zero-order valence-electron chi connectivity index (χ0n) is 23.1. The van der Waals surface area contributed by atoms with E-state index in [9.17, 15) is 18.0 Å². The van der Waals surface area contributed by atoms with Crippen LogP contribution in [0.1, 0.15) is 38.8 Å². The van der Waals surface area contributed by atoms with Crippen LogP contribution in [-0.2, 0) is 26.2 Å².